The van der Waals surface area contributed by atoms with Gasteiger partial charge in [-0.25, -0.2) is 0 Å². The zero-order valence-electron chi connectivity index (χ0n) is 12.1. The summed E-state index contributed by atoms with van der Waals surface area (Å²) in [5.41, 5.74) is 3.13. The average molecular weight is 258 g/mol. The molecule has 1 aliphatic carbocycles. The number of hydrogen-bond acceptors (Lipinski definition) is 2. The van der Waals surface area contributed by atoms with E-state index in [2.05, 4.69) is 41.5 Å². The van der Waals surface area contributed by atoms with E-state index in [4.69, 9.17) is 0 Å². The summed E-state index contributed by atoms with van der Waals surface area (Å²) in [5, 5.41) is 3.83. The quantitative estimate of drug-likeness (QED) is 0.896. The zero-order valence-corrected chi connectivity index (χ0v) is 12.1. The van der Waals surface area contributed by atoms with Gasteiger partial charge in [0.05, 0.1) is 0 Å². The van der Waals surface area contributed by atoms with Crippen molar-refractivity contribution in [1.29, 1.82) is 0 Å². The van der Waals surface area contributed by atoms with E-state index >= 15 is 0 Å². The molecule has 0 radical (unpaired) electrons. The van der Waals surface area contributed by atoms with E-state index in [0.717, 1.165) is 5.92 Å². The fraction of sp³-hybridized carbons (Fsp3) is 0.647. The summed E-state index contributed by atoms with van der Waals surface area (Å²) in [7, 11) is 2.25. The smallest absolute Gasteiger partial charge is 0.0111 e. The molecule has 2 unspecified atom stereocenters. The minimum Gasteiger partial charge on any atom is -0.313 e. The van der Waals surface area contributed by atoms with E-state index in [1.54, 1.807) is 11.1 Å². The van der Waals surface area contributed by atoms with Crippen molar-refractivity contribution in [3.05, 3.63) is 35.4 Å². The van der Waals surface area contributed by atoms with Crippen LogP contribution in [0.3, 0.4) is 0 Å². The van der Waals surface area contributed by atoms with Gasteiger partial charge in [-0.05, 0) is 69.3 Å². The van der Waals surface area contributed by atoms with Gasteiger partial charge >= 0.3 is 0 Å². The molecule has 2 atom stereocenters. The lowest BCUT2D eigenvalue weighted by molar-refractivity contribution is 0.201. The molecule has 1 fully saturated rings. The lowest BCUT2D eigenvalue weighted by Gasteiger charge is -2.32. The Morgan fingerprint density at radius 3 is 2.89 bits per heavy atom. The molecule has 0 saturated carbocycles. The van der Waals surface area contributed by atoms with Crippen LogP contribution < -0.4 is 5.32 Å². The minimum atomic E-state index is 0.696. The second-order valence-electron chi connectivity index (χ2n) is 6.39. The Kier molecular flexibility index (Phi) is 4.19. The Morgan fingerprint density at radius 1 is 1.21 bits per heavy atom. The van der Waals surface area contributed by atoms with Gasteiger partial charge in [0.2, 0.25) is 0 Å². The molecule has 0 spiro atoms. The maximum Gasteiger partial charge on any atom is 0.0111 e. The number of hydrogen-bond donors (Lipinski definition) is 1. The van der Waals surface area contributed by atoms with E-state index in [1.165, 1.54) is 51.7 Å². The molecule has 1 saturated heterocycles. The highest BCUT2D eigenvalue weighted by molar-refractivity contribution is 5.30. The molecule has 19 heavy (non-hydrogen) atoms. The van der Waals surface area contributed by atoms with Crippen LogP contribution in [0.1, 0.15) is 30.4 Å². The van der Waals surface area contributed by atoms with Gasteiger partial charge in [0.25, 0.3) is 0 Å². The molecule has 3 rings (SSSR count). The Hall–Kier alpha value is -0.860. The number of benzene rings is 1. The fourth-order valence-corrected chi connectivity index (χ4v) is 3.65. The van der Waals surface area contributed by atoms with E-state index in [9.17, 15) is 0 Å². The van der Waals surface area contributed by atoms with Crippen molar-refractivity contribution < 1.29 is 0 Å². The van der Waals surface area contributed by atoms with Crippen LogP contribution in [0.4, 0.5) is 0 Å². The second-order valence-corrected chi connectivity index (χ2v) is 6.39. The maximum atomic E-state index is 3.83. The van der Waals surface area contributed by atoms with Crippen LogP contribution in [0.15, 0.2) is 24.3 Å². The predicted molar refractivity (Wildman–Crippen MR) is 80.5 cm³/mol. The Bertz CT molecular complexity index is 415. The summed E-state index contributed by atoms with van der Waals surface area (Å²) < 4.78 is 0. The maximum absolute atomic E-state index is 3.83. The number of fused-ring (bicyclic) bond motifs is 1. The van der Waals surface area contributed by atoms with Crippen LogP contribution in [0, 0.1) is 5.92 Å². The van der Waals surface area contributed by atoms with Gasteiger partial charge in [0.15, 0.2) is 0 Å². The number of aryl methyl sites for hydroxylation is 1. The molecule has 1 N–H and O–H groups in total. The Labute approximate surface area is 117 Å². The first-order valence-corrected chi connectivity index (χ1v) is 7.80. The van der Waals surface area contributed by atoms with Crippen molar-refractivity contribution >= 4 is 0 Å². The molecule has 2 nitrogen and oxygen atoms in total. The molecule has 0 bridgehead atoms. The molecule has 1 aliphatic heterocycles. The van der Waals surface area contributed by atoms with Gasteiger partial charge in [-0.3, -0.25) is 0 Å². The molecule has 2 aliphatic rings. The molecule has 2 heteroatoms. The van der Waals surface area contributed by atoms with Crippen LogP contribution in [-0.4, -0.2) is 37.6 Å². The van der Waals surface area contributed by atoms with Crippen molar-refractivity contribution in [2.75, 3.05) is 26.7 Å². The SMILES string of the molecule is CN1CCCC(CNC2CCc3ccccc3C2)C1. The molecule has 0 amide bonds. The number of likely N-dealkylation sites (tertiary alicyclic amines) is 1. The van der Waals surface area contributed by atoms with Gasteiger partial charge in [-0.1, -0.05) is 24.3 Å². The second kappa shape index (κ2) is 6.06. The van der Waals surface area contributed by atoms with Crippen LogP contribution in [0.25, 0.3) is 0 Å². The summed E-state index contributed by atoms with van der Waals surface area (Å²) in [6, 6.07) is 9.64. The van der Waals surface area contributed by atoms with Gasteiger partial charge in [-0.15, -0.1) is 0 Å². The van der Waals surface area contributed by atoms with Gasteiger partial charge in [0, 0.05) is 12.6 Å². The summed E-state index contributed by atoms with van der Waals surface area (Å²) in [4.78, 5) is 2.48. The predicted octanol–water partition coefficient (Wildman–Crippen LogP) is 2.48. The lowest BCUT2D eigenvalue weighted by Crippen LogP contribution is -2.42. The van der Waals surface area contributed by atoms with E-state index < -0.39 is 0 Å². The van der Waals surface area contributed by atoms with Crippen LogP contribution >= 0.6 is 0 Å². The Balaban J connectivity index is 1.49. The number of nitrogens with zero attached hydrogens (tertiary/aromatic N) is 1. The number of rotatable bonds is 3. The van der Waals surface area contributed by atoms with Crippen LogP contribution in [0.2, 0.25) is 0 Å². The van der Waals surface area contributed by atoms with E-state index in [1.807, 2.05) is 0 Å². The third-order valence-electron chi connectivity index (χ3n) is 4.76. The highest BCUT2D eigenvalue weighted by Crippen LogP contribution is 2.21. The molecular weight excluding hydrogens is 232 g/mol. The zero-order chi connectivity index (χ0) is 13.1. The summed E-state index contributed by atoms with van der Waals surface area (Å²) in [6.07, 6.45) is 6.55. The van der Waals surface area contributed by atoms with Crippen molar-refractivity contribution in [3.8, 4) is 0 Å². The highest BCUT2D eigenvalue weighted by Gasteiger charge is 2.21. The molecule has 1 aromatic carbocycles. The first kappa shape index (κ1) is 13.1. The van der Waals surface area contributed by atoms with Crippen molar-refractivity contribution in [3.63, 3.8) is 0 Å². The third kappa shape index (κ3) is 3.37. The first-order valence-electron chi connectivity index (χ1n) is 7.80. The highest BCUT2D eigenvalue weighted by atomic mass is 15.1. The van der Waals surface area contributed by atoms with Gasteiger partial charge in [0.1, 0.15) is 0 Å². The fourth-order valence-electron chi connectivity index (χ4n) is 3.65. The first-order chi connectivity index (χ1) is 9.31. The number of nitrogens with one attached hydrogen (secondary N) is 1. The Morgan fingerprint density at radius 2 is 2.05 bits per heavy atom. The monoisotopic (exact) mass is 258 g/mol. The summed E-state index contributed by atoms with van der Waals surface area (Å²) in [6.45, 7) is 3.76. The summed E-state index contributed by atoms with van der Waals surface area (Å²) >= 11 is 0. The number of piperidine rings is 1. The van der Waals surface area contributed by atoms with Crippen molar-refractivity contribution in [1.82, 2.24) is 10.2 Å². The van der Waals surface area contributed by atoms with Crippen LogP contribution in [0.5, 0.6) is 0 Å². The molecule has 104 valence electrons. The van der Waals surface area contributed by atoms with Gasteiger partial charge < -0.3 is 10.2 Å². The van der Waals surface area contributed by atoms with Crippen molar-refractivity contribution in [2.45, 2.75) is 38.1 Å². The minimum absolute atomic E-state index is 0.696. The van der Waals surface area contributed by atoms with Crippen molar-refractivity contribution in [2.24, 2.45) is 5.92 Å². The molecule has 1 aromatic rings. The largest absolute Gasteiger partial charge is 0.313 e. The topological polar surface area (TPSA) is 15.3 Å². The standard InChI is InChI=1S/C17H26N2/c1-19-10-4-5-14(13-19)12-18-17-9-8-15-6-2-3-7-16(15)11-17/h2-3,6-7,14,17-18H,4-5,8-13H2,1H3. The van der Waals surface area contributed by atoms with E-state index in [-0.39, 0.29) is 0 Å². The third-order valence-corrected chi connectivity index (χ3v) is 4.76. The normalized spacial score (nSPS) is 28.1. The molecule has 0 aromatic heterocycles. The molecular formula is C17H26N2. The van der Waals surface area contributed by atoms with E-state index in [0.29, 0.717) is 6.04 Å². The van der Waals surface area contributed by atoms with Gasteiger partial charge in [-0.2, -0.15) is 0 Å². The van der Waals surface area contributed by atoms with Crippen LogP contribution in [-0.2, 0) is 12.8 Å². The molecule has 1 heterocycles. The lowest BCUT2D eigenvalue weighted by atomic mass is 9.88. The average Bonchev–Trinajstić information content (AvgIpc) is 2.45. The summed E-state index contributed by atoms with van der Waals surface area (Å²) in [5.74, 6) is 0.857.